The molecular weight excluding hydrogens is 314 g/mol. The predicted octanol–water partition coefficient (Wildman–Crippen LogP) is 3.29. The number of carbonyl (C=O) groups is 1. The van der Waals surface area contributed by atoms with Gasteiger partial charge in [0.15, 0.2) is 0 Å². The number of nitro benzene ring substituents is 1. The van der Waals surface area contributed by atoms with E-state index < -0.39 is 10.8 Å². The third kappa shape index (κ3) is 5.00. The lowest BCUT2D eigenvalue weighted by Gasteiger charge is -2.08. The number of carbonyl (C=O) groups excluding carboxylic acids is 1. The number of thioether (sulfide) groups is 1. The van der Waals surface area contributed by atoms with Gasteiger partial charge < -0.3 is 11.1 Å². The van der Waals surface area contributed by atoms with Crippen LogP contribution in [0.4, 0.5) is 11.4 Å². The van der Waals surface area contributed by atoms with Gasteiger partial charge in [-0.25, -0.2) is 0 Å². The molecule has 0 fully saturated rings. The number of nitrogens with zero attached hydrogens (tertiary/aromatic N) is 1. The Bertz CT molecular complexity index is 692. The van der Waals surface area contributed by atoms with Crippen molar-refractivity contribution >= 4 is 29.0 Å². The van der Waals surface area contributed by atoms with Gasteiger partial charge in [-0.1, -0.05) is 18.2 Å². The first-order valence-corrected chi connectivity index (χ1v) is 8.06. The Morgan fingerprint density at radius 1 is 1.22 bits per heavy atom. The number of nitrogens with one attached hydrogen (secondary N) is 1. The summed E-state index contributed by atoms with van der Waals surface area (Å²) in [4.78, 5) is 22.9. The molecular formula is C16H17N3O3S. The third-order valence-corrected chi connectivity index (χ3v) is 4.23. The van der Waals surface area contributed by atoms with Crippen molar-refractivity contribution in [3.63, 3.8) is 0 Å². The Hall–Kier alpha value is -2.54. The lowest BCUT2D eigenvalue weighted by atomic mass is 10.1. The molecule has 3 N–H and O–H groups in total. The average Bonchev–Trinajstić information content (AvgIpc) is 2.55. The van der Waals surface area contributed by atoms with Gasteiger partial charge in [-0.05, 0) is 36.4 Å². The highest BCUT2D eigenvalue weighted by Gasteiger charge is 2.16. The average molecular weight is 331 g/mol. The van der Waals surface area contributed by atoms with Crippen LogP contribution in [0.25, 0.3) is 0 Å². The highest BCUT2D eigenvalue weighted by Crippen LogP contribution is 2.25. The van der Waals surface area contributed by atoms with Crippen LogP contribution in [0.15, 0.2) is 53.4 Å². The highest BCUT2D eigenvalue weighted by atomic mass is 32.2. The number of nitrogens with two attached hydrogens (primary N) is 1. The molecule has 23 heavy (non-hydrogen) atoms. The monoisotopic (exact) mass is 331 g/mol. The molecule has 0 saturated carbocycles. The zero-order chi connectivity index (χ0) is 16.7. The van der Waals surface area contributed by atoms with Crippen molar-refractivity contribution in [2.24, 2.45) is 5.73 Å². The maximum absolute atomic E-state index is 11.1. The molecule has 0 atom stereocenters. The molecule has 0 bridgehead atoms. The van der Waals surface area contributed by atoms with Crippen LogP contribution in [-0.2, 0) is 0 Å². The Morgan fingerprint density at radius 3 is 2.61 bits per heavy atom. The minimum absolute atomic E-state index is 0.127. The number of anilines is 1. The Labute approximate surface area is 138 Å². The molecule has 0 aliphatic rings. The quantitative estimate of drug-likeness (QED) is 0.335. The van der Waals surface area contributed by atoms with Crippen LogP contribution >= 0.6 is 11.8 Å². The number of amides is 1. The first kappa shape index (κ1) is 16.8. The number of benzene rings is 2. The molecule has 0 aliphatic heterocycles. The SMILES string of the molecule is NC(=O)c1ccc(NCCCSc2ccccc2)c([N+](=O)[O-])c1. The van der Waals surface area contributed by atoms with Crippen molar-refractivity contribution < 1.29 is 9.72 Å². The standard InChI is InChI=1S/C16H17N3O3S/c17-16(20)12-7-8-14(15(11-12)19(21)22)18-9-4-10-23-13-5-2-1-3-6-13/h1-3,5-8,11,18H,4,9-10H2,(H2,17,20). The molecule has 2 rings (SSSR count). The summed E-state index contributed by atoms with van der Waals surface area (Å²) in [7, 11) is 0. The van der Waals surface area contributed by atoms with E-state index in [1.54, 1.807) is 11.8 Å². The van der Waals surface area contributed by atoms with Crippen LogP contribution in [0.2, 0.25) is 0 Å². The number of rotatable bonds is 8. The fourth-order valence-corrected chi connectivity index (χ4v) is 2.86. The van der Waals surface area contributed by atoms with E-state index in [0.29, 0.717) is 12.2 Å². The van der Waals surface area contributed by atoms with Crippen LogP contribution in [0.5, 0.6) is 0 Å². The minimum atomic E-state index is -0.682. The van der Waals surface area contributed by atoms with E-state index in [-0.39, 0.29) is 11.3 Å². The van der Waals surface area contributed by atoms with Gasteiger partial charge in [0.25, 0.3) is 5.69 Å². The van der Waals surface area contributed by atoms with Crippen LogP contribution in [-0.4, -0.2) is 23.1 Å². The van der Waals surface area contributed by atoms with Gasteiger partial charge in [0.2, 0.25) is 5.91 Å². The van der Waals surface area contributed by atoms with E-state index in [0.717, 1.165) is 12.2 Å². The van der Waals surface area contributed by atoms with Gasteiger partial charge in [-0.3, -0.25) is 14.9 Å². The number of hydrogen-bond donors (Lipinski definition) is 2. The fourth-order valence-electron chi connectivity index (χ4n) is 1.99. The second-order valence-corrected chi connectivity index (χ2v) is 5.96. The van der Waals surface area contributed by atoms with Gasteiger partial charge in [0.05, 0.1) is 4.92 Å². The van der Waals surface area contributed by atoms with E-state index in [2.05, 4.69) is 5.32 Å². The van der Waals surface area contributed by atoms with Gasteiger partial charge in [0.1, 0.15) is 5.69 Å². The Kier molecular flexibility index (Phi) is 5.99. The normalized spacial score (nSPS) is 10.3. The lowest BCUT2D eigenvalue weighted by molar-refractivity contribution is -0.384. The summed E-state index contributed by atoms with van der Waals surface area (Å²) >= 11 is 1.74. The molecule has 120 valence electrons. The third-order valence-electron chi connectivity index (χ3n) is 3.13. The number of primary amides is 1. The summed E-state index contributed by atoms with van der Waals surface area (Å²) in [5.74, 6) is 0.225. The van der Waals surface area contributed by atoms with Crippen molar-refractivity contribution in [2.45, 2.75) is 11.3 Å². The maximum atomic E-state index is 11.1. The summed E-state index contributed by atoms with van der Waals surface area (Å²) in [5, 5.41) is 14.1. The summed E-state index contributed by atoms with van der Waals surface area (Å²) in [6, 6.07) is 14.2. The molecule has 0 aromatic heterocycles. The van der Waals surface area contributed by atoms with E-state index in [1.165, 1.54) is 23.1 Å². The second kappa shape index (κ2) is 8.19. The largest absolute Gasteiger partial charge is 0.379 e. The molecule has 2 aromatic carbocycles. The molecule has 0 radical (unpaired) electrons. The smallest absolute Gasteiger partial charge is 0.293 e. The molecule has 0 heterocycles. The number of hydrogen-bond acceptors (Lipinski definition) is 5. The van der Waals surface area contributed by atoms with Crippen LogP contribution in [0.1, 0.15) is 16.8 Å². The van der Waals surface area contributed by atoms with Gasteiger partial charge in [-0.2, -0.15) is 0 Å². The van der Waals surface area contributed by atoms with Crippen LogP contribution in [0.3, 0.4) is 0 Å². The number of nitro groups is 1. The van der Waals surface area contributed by atoms with E-state index in [1.807, 2.05) is 30.3 Å². The van der Waals surface area contributed by atoms with E-state index in [4.69, 9.17) is 5.73 Å². The van der Waals surface area contributed by atoms with E-state index in [9.17, 15) is 14.9 Å². The fraction of sp³-hybridized carbons (Fsp3) is 0.188. The predicted molar refractivity (Wildman–Crippen MR) is 91.9 cm³/mol. The molecule has 0 unspecified atom stereocenters. The molecule has 1 amide bonds. The van der Waals surface area contributed by atoms with Crippen molar-refractivity contribution in [1.82, 2.24) is 0 Å². The molecule has 0 spiro atoms. The van der Waals surface area contributed by atoms with Gasteiger partial charge in [0, 0.05) is 23.1 Å². The molecule has 0 saturated heterocycles. The Morgan fingerprint density at radius 2 is 1.96 bits per heavy atom. The molecule has 6 nitrogen and oxygen atoms in total. The summed E-state index contributed by atoms with van der Waals surface area (Å²) < 4.78 is 0. The van der Waals surface area contributed by atoms with Crippen molar-refractivity contribution in [1.29, 1.82) is 0 Å². The van der Waals surface area contributed by atoms with E-state index >= 15 is 0 Å². The molecule has 0 aliphatic carbocycles. The topological polar surface area (TPSA) is 98.3 Å². The molecule has 2 aromatic rings. The minimum Gasteiger partial charge on any atom is -0.379 e. The summed E-state index contributed by atoms with van der Waals surface area (Å²) in [5.41, 5.74) is 5.52. The summed E-state index contributed by atoms with van der Waals surface area (Å²) in [6.45, 7) is 0.608. The van der Waals surface area contributed by atoms with Crippen LogP contribution in [0, 0.1) is 10.1 Å². The van der Waals surface area contributed by atoms with Crippen LogP contribution < -0.4 is 11.1 Å². The first-order chi connectivity index (χ1) is 11.1. The summed E-state index contributed by atoms with van der Waals surface area (Å²) in [6.07, 6.45) is 0.855. The first-order valence-electron chi connectivity index (χ1n) is 7.08. The van der Waals surface area contributed by atoms with Gasteiger partial charge in [-0.15, -0.1) is 11.8 Å². The van der Waals surface area contributed by atoms with Gasteiger partial charge >= 0.3 is 0 Å². The zero-order valence-corrected chi connectivity index (χ0v) is 13.2. The lowest BCUT2D eigenvalue weighted by Crippen LogP contribution is -2.12. The maximum Gasteiger partial charge on any atom is 0.293 e. The van der Waals surface area contributed by atoms with Crippen molar-refractivity contribution in [3.05, 3.63) is 64.2 Å². The van der Waals surface area contributed by atoms with Crippen molar-refractivity contribution in [2.75, 3.05) is 17.6 Å². The zero-order valence-electron chi connectivity index (χ0n) is 12.4. The Balaban J connectivity index is 1.87. The van der Waals surface area contributed by atoms with Crippen molar-refractivity contribution in [3.8, 4) is 0 Å². The second-order valence-electron chi connectivity index (χ2n) is 4.80. The molecule has 7 heteroatoms. The highest BCUT2D eigenvalue weighted by molar-refractivity contribution is 7.99.